The van der Waals surface area contributed by atoms with Gasteiger partial charge in [0.25, 0.3) is 11.8 Å². The summed E-state index contributed by atoms with van der Waals surface area (Å²) in [6.45, 7) is 1.99. The van der Waals surface area contributed by atoms with Crippen LogP contribution in [0.1, 0.15) is 40.5 Å². The zero-order chi connectivity index (χ0) is 15.4. The lowest BCUT2D eigenvalue weighted by atomic mass is 10.1. The van der Waals surface area contributed by atoms with Gasteiger partial charge in [-0.15, -0.1) is 0 Å². The van der Waals surface area contributed by atoms with Crippen molar-refractivity contribution in [3.8, 4) is 0 Å². The molecule has 21 heavy (non-hydrogen) atoms. The maximum Gasteiger partial charge on any atom is 0.311 e. The van der Waals surface area contributed by atoms with Crippen molar-refractivity contribution in [3.63, 3.8) is 0 Å². The van der Waals surface area contributed by atoms with Crippen molar-refractivity contribution < 1.29 is 19.1 Å². The first-order valence-corrected chi connectivity index (χ1v) is 6.71. The number of amides is 2. The first kappa shape index (κ1) is 14.9. The minimum absolute atomic E-state index is 0.0226. The summed E-state index contributed by atoms with van der Waals surface area (Å²) in [4.78, 5) is 36.6. The molecule has 6 heteroatoms. The number of imide groups is 1. The Balaban J connectivity index is 1.99. The molecule has 1 N–H and O–H groups in total. The van der Waals surface area contributed by atoms with Crippen molar-refractivity contribution in [1.29, 1.82) is 5.41 Å². The SMILES string of the molecule is CCCOC(=O)CC(=N)CN1C(=O)c2ccccc2C1=O. The highest BCUT2D eigenvalue weighted by Gasteiger charge is 2.35. The Morgan fingerprint density at radius 1 is 1.19 bits per heavy atom. The monoisotopic (exact) mass is 288 g/mol. The van der Waals surface area contributed by atoms with E-state index in [1.54, 1.807) is 24.3 Å². The average Bonchev–Trinajstić information content (AvgIpc) is 2.71. The number of hydrogen-bond donors (Lipinski definition) is 1. The summed E-state index contributed by atoms with van der Waals surface area (Å²) in [6.07, 6.45) is 0.491. The molecule has 0 aliphatic carbocycles. The van der Waals surface area contributed by atoms with E-state index < -0.39 is 17.8 Å². The van der Waals surface area contributed by atoms with Crippen LogP contribution in [0.4, 0.5) is 0 Å². The van der Waals surface area contributed by atoms with E-state index in [0.717, 1.165) is 4.90 Å². The predicted molar refractivity (Wildman–Crippen MR) is 75.4 cm³/mol. The molecule has 2 amide bonds. The number of nitrogens with one attached hydrogen (secondary N) is 1. The number of esters is 1. The van der Waals surface area contributed by atoms with Gasteiger partial charge in [-0.2, -0.15) is 0 Å². The molecule has 0 bridgehead atoms. The molecule has 6 nitrogen and oxygen atoms in total. The summed E-state index contributed by atoms with van der Waals surface area (Å²) < 4.78 is 4.87. The van der Waals surface area contributed by atoms with Gasteiger partial charge in [-0.1, -0.05) is 19.1 Å². The summed E-state index contributed by atoms with van der Waals surface area (Å²) in [5.41, 5.74) is 0.651. The number of fused-ring (bicyclic) bond motifs is 1. The summed E-state index contributed by atoms with van der Waals surface area (Å²) in [5, 5.41) is 7.76. The van der Waals surface area contributed by atoms with E-state index in [0.29, 0.717) is 24.2 Å². The van der Waals surface area contributed by atoms with Gasteiger partial charge in [0.1, 0.15) is 0 Å². The molecular formula is C15H16N2O4. The maximum absolute atomic E-state index is 12.1. The van der Waals surface area contributed by atoms with E-state index in [-0.39, 0.29) is 18.7 Å². The Bertz CT molecular complexity index is 574. The van der Waals surface area contributed by atoms with E-state index in [9.17, 15) is 14.4 Å². The van der Waals surface area contributed by atoms with Crippen LogP contribution >= 0.6 is 0 Å². The molecule has 0 unspecified atom stereocenters. The van der Waals surface area contributed by atoms with E-state index in [1.165, 1.54) is 0 Å². The smallest absolute Gasteiger partial charge is 0.311 e. The molecule has 0 saturated heterocycles. The van der Waals surface area contributed by atoms with Gasteiger partial charge in [0.15, 0.2) is 0 Å². The third kappa shape index (κ3) is 3.16. The minimum atomic E-state index is -0.515. The maximum atomic E-state index is 12.1. The highest BCUT2D eigenvalue weighted by Crippen LogP contribution is 2.22. The predicted octanol–water partition coefficient (Wildman–Crippen LogP) is 1.65. The second-order valence-electron chi connectivity index (χ2n) is 4.74. The van der Waals surface area contributed by atoms with Crippen molar-refractivity contribution >= 4 is 23.5 Å². The topological polar surface area (TPSA) is 87.5 Å². The van der Waals surface area contributed by atoms with Crippen molar-refractivity contribution in [2.45, 2.75) is 19.8 Å². The molecule has 1 aliphatic rings. The number of rotatable bonds is 6. The van der Waals surface area contributed by atoms with Crippen molar-refractivity contribution in [2.75, 3.05) is 13.2 Å². The molecule has 110 valence electrons. The average molecular weight is 288 g/mol. The van der Waals surface area contributed by atoms with Gasteiger partial charge in [-0.05, 0) is 18.6 Å². The fourth-order valence-electron chi connectivity index (χ4n) is 2.07. The standard InChI is InChI=1S/C15H16N2O4/c1-2-7-21-13(18)8-10(16)9-17-14(19)11-5-3-4-6-12(11)15(17)20/h3-6,16H,2,7-9H2,1H3. The number of carbonyl (C=O) groups excluding carboxylic acids is 3. The molecule has 2 rings (SSSR count). The van der Waals surface area contributed by atoms with E-state index in [2.05, 4.69) is 0 Å². The Morgan fingerprint density at radius 3 is 2.29 bits per heavy atom. The van der Waals surface area contributed by atoms with E-state index in [1.807, 2.05) is 6.92 Å². The molecule has 1 heterocycles. The quantitative estimate of drug-likeness (QED) is 0.490. The van der Waals surface area contributed by atoms with Crippen LogP contribution in [-0.4, -0.2) is 41.5 Å². The third-order valence-corrected chi connectivity index (χ3v) is 3.05. The fourth-order valence-corrected chi connectivity index (χ4v) is 2.07. The molecule has 1 aliphatic heterocycles. The third-order valence-electron chi connectivity index (χ3n) is 3.05. The molecule has 0 radical (unpaired) electrons. The van der Waals surface area contributed by atoms with Crippen LogP contribution in [0.3, 0.4) is 0 Å². The Morgan fingerprint density at radius 2 is 1.76 bits per heavy atom. The van der Waals surface area contributed by atoms with Gasteiger partial charge in [0.2, 0.25) is 0 Å². The zero-order valence-corrected chi connectivity index (χ0v) is 11.7. The Labute approximate surface area is 122 Å². The van der Waals surface area contributed by atoms with Crippen LogP contribution in [-0.2, 0) is 9.53 Å². The first-order chi connectivity index (χ1) is 10.0. The number of benzene rings is 1. The van der Waals surface area contributed by atoms with E-state index >= 15 is 0 Å². The number of nitrogens with zero attached hydrogens (tertiary/aromatic N) is 1. The highest BCUT2D eigenvalue weighted by atomic mass is 16.5. The van der Waals surface area contributed by atoms with Gasteiger partial charge in [0, 0.05) is 5.71 Å². The lowest BCUT2D eigenvalue weighted by molar-refractivity contribution is -0.142. The lowest BCUT2D eigenvalue weighted by Gasteiger charge is -2.14. The van der Waals surface area contributed by atoms with Crippen LogP contribution < -0.4 is 0 Å². The molecule has 1 aromatic carbocycles. The zero-order valence-electron chi connectivity index (χ0n) is 11.7. The van der Waals surface area contributed by atoms with Crippen molar-refractivity contribution in [2.24, 2.45) is 0 Å². The Hall–Kier alpha value is -2.50. The Kier molecular flexibility index (Phi) is 4.47. The van der Waals surface area contributed by atoms with E-state index in [4.69, 9.17) is 10.1 Å². The number of hydrogen-bond acceptors (Lipinski definition) is 5. The molecule has 0 aromatic heterocycles. The second kappa shape index (κ2) is 6.30. The van der Waals surface area contributed by atoms with Gasteiger partial charge in [-0.25, -0.2) is 0 Å². The minimum Gasteiger partial charge on any atom is -0.465 e. The van der Waals surface area contributed by atoms with Crippen LogP contribution in [0.15, 0.2) is 24.3 Å². The largest absolute Gasteiger partial charge is 0.465 e. The molecule has 0 saturated carbocycles. The van der Waals surface area contributed by atoms with Crippen LogP contribution in [0.5, 0.6) is 0 Å². The first-order valence-electron chi connectivity index (χ1n) is 6.71. The number of ether oxygens (including phenoxy) is 1. The number of carbonyl (C=O) groups is 3. The van der Waals surface area contributed by atoms with Gasteiger partial charge >= 0.3 is 5.97 Å². The van der Waals surface area contributed by atoms with Crippen LogP contribution in [0, 0.1) is 5.41 Å². The molecule has 0 spiro atoms. The van der Waals surface area contributed by atoms with Crippen molar-refractivity contribution in [3.05, 3.63) is 35.4 Å². The summed E-state index contributed by atoms with van der Waals surface area (Å²) in [5.74, 6) is -1.37. The fraction of sp³-hybridized carbons (Fsp3) is 0.333. The van der Waals surface area contributed by atoms with Gasteiger partial charge < -0.3 is 10.1 Å². The van der Waals surface area contributed by atoms with Crippen LogP contribution in [0.25, 0.3) is 0 Å². The second-order valence-corrected chi connectivity index (χ2v) is 4.74. The normalized spacial score (nSPS) is 13.3. The lowest BCUT2D eigenvalue weighted by Crippen LogP contribution is -2.35. The summed E-state index contributed by atoms with van der Waals surface area (Å²) in [6, 6.07) is 6.52. The van der Waals surface area contributed by atoms with Crippen LogP contribution in [0.2, 0.25) is 0 Å². The highest BCUT2D eigenvalue weighted by molar-refractivity contribution is 6.22. The molecule has 0 atom stereocenters. The molecule has 1 aromatic rings. The molecule has 0 fully saturated rings. The van der Waals surface area contributed by atoms with Gasteiger partial charge in [-0.3, -0.25) is 19.3 Å². The summed E-state index contributed by atoms with van der Waals surface area (Å²) >= 11 is 0. The van der Waals surface area contributed by atoms with Crippen molar-refractivity contribution in [1.82, 2.24) is 4.90 Å². The van der Waals surface area contributed by atoms with Gasteiger partial charge in [0.05, 0.1) is 30.7 Å². The summed E-state index contributed by atoms with van der Waals surface area (Å²) in [7, 11) is 0. The molecular weight excluding hydrogens is 272 g/mol.